The minimum atomic E-state index is -0.138. The number of methoxy groups -OCH3 is 1. The molecule has 0 spiro atoms. The van der Waals surface area contributed by atoms with Crippen molar-refractivity contribution in [1.29, 1.82) is 0 Å². The number of hydrogen-bond acceptors (Lipinski definition) is 4. The van der Waals surface area contributed by atoms with Crippen molar-refractivity contribution < 1.29 is 14.3 Å². The van der Waals surface area contributed by atoms with E-state index < -0.39 is 0 Å². The summed E-state index contributed by atoms with van der Waals surface area (Å²) in [5.74, 6) is 0.934. The van der Waals surface area contributed by atoms with Gasteiger partial charge in [-0.3, -0.25) is 4.79 Å². The van der Waals surface area contributed by atoms with Crippen LogP contribution in [0.1, 0.15) is 44.9 Å². The van der Waals surface area contributed by atoms with Crippen molar-refractivity contribution in [2.45, 2.75) is 37.5 Å². The molecular formula is C21H25NO3S. The average Bonchev–Trinajstić information content (AvgIpc) is 3.29. The van der Waals surface area contributed by atoms with E-state index in [9.17, 15) is 4.79 Å². The van der Waals surface area contributed by atoms with Crippen molar-refractivity contribution in [2.75, 3.05) is 26.9 Å². The predicted molar refractivity (Wildman–Crippen MR) is 103 cm³/mol. The van der Waals surface area contributed by atoms with Crippen LogP contribution in [0.15, 0.2) is 30.3 Å². The van der Waals surface area contributed by atoms with Gasteiger partial charge in [0.2, 0.25) is 0 Å². The maximum atomic E-state index is 12.8. The number of rotatable bonds is 5. The van der Waals surface area contributed by atoms with Crippen molar-refractivity contribution in [3.63, 3.8) is 0 Å². The zero-order valence-corrected chi connectivity index (χ0v) is 16.0. The highest BCUT2D eigenvalue weighted by molar-refractivity contribution is 7.14. The lowest BCUT2D eigenvalue weighted by Crippen LogP contribution is -2.44. The number of fused-ring (bicyclic) bond motifs is 1. The molecule has 1 aliphatic heterocycles. The summed E-state index contributed by atoms with van der Waals surface area (Å²) >= 11 is 1.66. The summed E-state index contributed by atoms with van der Waals surface area (Å²) in [5.41, 5.74) is 2.39. The number of carbonyl (C=O) groups is 1. The molecule has 0 bridgehead atoms. The van der Waals surface area contributed by atoms with E-state index in [1.807, 2.05) is 18.2 Å². The normalized spacial score (nSPS) is 18.3. The van der Waals surface area contributed by atoms with Gasteiger partial charge >= 0.3 is 0 Å². The fourth-order valence-electron chi connectivity index (χ4n) is 4.16. The van der Waals surface area contributed by atoms with Crippen LogP contribution in [0.2, 0.25) is 0 Å². The number of carbonyl (C=O) groups excluding carboxylic acids is 1. The van der Waals surface area contributed by atoms with Crippen LogP contribution in [-0.2, 0) is 23.0 Å². The van der Waals surface area contributed by atoms with Gasteiger partial charge in [-0.15, -0.1) is 11.3 Å². The van der Waals surface area contributed by atoms with Gasteiger partial charge in [-0.05, 0) is 49.8 Å². The molecule has 0 radical (unpaired) electrons. The van der Waals surface area contributed by atoms with Crippen LogP contribution in [-0.4, -0.2) is 32.8 Å². The molecule has 1 amide bonds. The van der Waals surface area contributed by atoms with Crippen LogP contribution in [0.5, 0.6) is 5.75 Å². The number of para-hydroxylation sites is 1. The summed E-state index contributed by atoms with van der Waals surface area (Å²) in [6.45, 7) is 2.03. The third-order valence-corrected chi connectivity index (χ3v) is 6.92. The second-order valence-electron chi connectivity index (χ2n) is 7.19. The first-order valence-corrected chi connectivity index (χ1v) is 10.1. The Labute approximate surface area is 158 Å². The molecule has 1 aromatic heterocycles. The van der Waals surface area contributed by atoms with Gasteiger partial charge in [-0.2, -0.15) is 0 Å². The minimum absolute atomic E-state index is 0.0464. The Bertz CT molecular complexity index is 771. The van der Waals surface area contributed by atoms with E-state index in [4.69, 9.17) is 9.47 Å². The number of benzene rings is 1. The Morgan fingerprint density at radius 3 is 2.85 bits per heavy atom. The molecule has 4 nitrogen and oxygen atoms in total. The molecule has 0 atom stereocenters. The smallest absolute Gasteiger partial charge is 0.261 e. The zero-order valence-electron chi connectivity index (χ0n) is 15.2. The van der Waals surface area contributed by atoms with Crippen LogP contribution < -0.4 is 10.1 Å². The van der Waals surface area contributed by atoms with Crippen LogP contribution in [0.25, 0.3) is 0 Å². The summed E-state index contributed by atoms with van der Waals surface area (Å²) < 4.78 is 11.2. The lowest BCUT2D eigenvalue weighted by molar-refractivity contribution is 0.0479. The van der Waals surface area contributed by atoms with Crippen LogP contribution in [0, 0.1) is 0 Å². The summed E-state index contributed by atoms with van der Waals surface area (Å²) in [4.78, 5) is 15.0. The standard InChI is InChI=1S/C21H25NO3S/c1-24-17-7-3-2-6-16(17)21(9-11-25-12-10-21)14-22-20(23)19-13-15-5-4-8-18(15)26-19/h2-3,6-7,13H,4-5,8-12,14H2,1H3,(H,22,23). The van der Waals surface area contributed by atoms with Crippen LogP contribution in [0.4, 0.5) is 0 Å². The maximum Gasteiger partial charge on any atom is 0.261 e. The third kappa shape index (κ3) is 3.26. The predicted octanol–water partition coefficient (Wildman–Crippen LogP) is 3.72. The topological polar surface area (TPSA) is 47.6 Å². The number of ether oxygens (including phenoxy) is 2. The second-order valence-corrected chi connectivity index (χ2v) is 8.33. The molecule has 2 aliphatic rings. The van der Waals surface area contributed by atoms with Crippen molar-refractivity contribution in [1.82, 2.24) is 5.32 Å². The van der Waals surface area contributed by atoms with E-state index in [0.717, 1.165) is 36.3 Å². The van der Waals surface area contributed by atoms with E-state index in [1.54, 1.807) is 18.4 Å². The number of aryl methyl sites for hydroxylation is 2. The largest absolute Gasteiger partial charge is 0.496 e. The molecule has 138 valence electrons. The molecule has 0 unspecified atom stereocenters. The van der Waals surface area contributed by atoms with Crippen molar-refractivity contribution >= 4 is 17.2 Å². The van der Waals surface area contributed by atoms with Crippen LogP contribution >= 0.6 is 11.3 Å². The molecule has 2 aromatic rings. The highest BCUT2D eigenvalue weighted by Crippen LogP contribution is 2.39. The minimum Gasteiger partial charge on any atom is -0.496 e. The lowest BCUT2D eigenvalue weighted by Gasteiger charge is -2.38. The summed E-state index contributed by atoms with van der Waals surface area (Å²) in [7, 11) is 1.71. The Kier molecular flexibility index (Phi) is 5.00. The highest BCUT2D eigenvalue weighted by atomic mass is 32.1. The Balaban J connectivity index is 1.54. The fraction of sp³-hybridized carbons (Fsp3) is 0.476. The number of hydrogen-bond donors (Lipinski definition) is 1. The maximum absolute atomic E-state index is 12.8. The van der Waals surface area contributed by atoms with E-state index in [1.165, 1.54) is 22.4 Å². The molecule has 5 heteroatoms. The molecule has 2 heterocycles. The van der Waals surface area contributed by atoms with Gasteiger partial charge in [0, 0.05) is 35.6 Å². The molecule has 1 fully saturated rings. The summed E-state index contributed by atoms with van der Waals surface area (Å²) in [6, 6.07) is 10.2. The number of amides is 1. The molecule has 26 heavy (non-hydrogen) atoms. The van der Waals surface area contributed by atoms with E-state index in [-0.39, 0.29) is 11.3 Å². The summed E-state index contributed by atoms with van der Waals surface area (Å²) in [6.07, 6.45) is 5.22. The second kappa shape index (κ2) is 7.41. The average molecular weight is 372 g/mol. The van der Waals surface area contributed by atoms with Crippen molar-refractivity contribution in [3.8, 4) is 5.75 Å². The molecule has 0 saturated carbocycles. The molecule has 4 rings (SSSR count). The van der Waals surface area contributed by atoms with E-state index in [2.05, 4.69) is 17.4 Å². The van der Waals surface area contributed by atoms with E-state index in [0.29, 0.717) is 19.8 Å². The Morgan fingerprint density at radius 1 is 1.27 bits per heavy atom. The molecule has 1 aliphatic carbocycles. The Hall–Kier alpha value is -1.85. The van der Waals surface area contributed by atoms with Gasteiger partial charge in [0.05, 0.1) is 12.0 Å². The highest BCUT2D eigenvalue weighted by Gasteiger charge is 2.37. The zero-order chi connectivity index (χ0) is 18.0. The third-order valence-electron chi connectivity index (χ3n) is 5.69. The van der Waals surface area contributed by atoms with Gasteiger partial charge in [-0.25, -0.2) is 0 Å². The lowest BCUT2D eigenvalue weighted by atomic mass is 9.73. The van der Waals surface area contributed by atoms with Gasteiger partial charge in [-0.1, -0.05) is 18.2 Å². The SMILES string of the molecule is COc1ccccc1C1(CNC(=O)c2cc3c(s2)CCC3)CCOCC1. The first kappa shape index (κ1) is 17.6. The first-order valence-electron chi connectivity index (χ1n) is 9.33. The first-order chi connectivity index (χ1) is 12.7. The number of thiophene rings is 1. The fourth-order valence-corrected chi connectivity index (χ4v) is 5.33. The van der Waals surface area contributed by atoms with Gasteiger partial charge in [0.1, 0.15) is 5.75 Å². The van der Waals surface area contributed by atoms with Gasteiger partial charge < -0.3 is 14.8 Å². The van der Waals surface area contributed by atoms with Gasteiger partial charge in [0.25, 0.3) is 5.91 Å². The Morgan fingerprint density at radius 2 is 2.08 bits per heavy atom. The van der Waals surface area contributed by atoms with Crippen molar-refractivity contribution in [3.05, 3.63) is 51.2 Å². The molecule has 1 saturated heterocycles. The molecule has 1 N–H and O–H groups in total. The summed E-state index contributed by atoms with van der Waals surface area (Å²) in [5, 5.41) is 3.21. The van der Waals surface area contributed by atoms with Crippen LogP contribution in [0.3, 0.4) is 0 Å². The molecule has 1 aromatic carbocycles. The monoisotopic (exact) mass is 371 g/mol. The van der Waals surface area contributed by atoms with Gasteiger partial charge in [0.15, 0.2) is 0 Å². The molecular weight excluding hydrogens is 346 g/mol. The van der Waals surface area contributed by atoms with E-state index >= 15 is 0 Å². The number of nitrogens with one attached hydrogen (secondary N) is 1. The van der Waals surface area contributed by atoms with Crippen molar-refractivity contribution in [2.24, 2.45) is 0 Å². The quantitative estimate of drug-likeness (QED) is 0.871.